The lowest BCUT2D eigenvalue weighted by Crippen LogP contribution is -2.43. The molecular weight excluding hydrogens is 362 g/mol. The van der Waals surface area contributed by atoms with Crippen molar-refractivity contribution in [1.29, 1.82) is 0 Å². The van der Waals surface area contributed by atoms with Crippen molar-refractivity contribution in [2.75, 3.05) is 26.4 Å². The summed E-state index contributed by atoms with van der Waals surface area (Å²) in [6, 6.07) is 8.71. The summed E-state index contributed by atoms with van der Waals surface area (Å²) in [4.78, 5) is 9.47. The Hall–Kier alpha value is -1.82. The molecule has 27 heavy (non-hydrogen) atoms. The molecule has 0 N–H and O–H groups in total. The number of benzene rings is 1. The molecule has 0 spiro atoms. The van der Waals surface area contributed by atoms with Crippen LogP contribution in [0.25, 0.3) is 0 Å². The number of rotatable bonds is 4. The molecule has 4 aliphatic heterocycles. The van der Waals surface area contributed by atoms with E-state index in [1.165, 1.54) is 18.4 Å². The zero-order chi connectivity index (χ0) is 18.2. The fourth-order valence-electron chi connectivity index (χ4n) is 4.65. The number of piperidine rings is 1. The van der Waals surface area contributed by atoms with Crippen LogP contribution in [0.4, 0.5) is 0 Å². The van der Waals surface area contributed by atoms with Gasteiger partial charge in [0, 0.05) is 62.2 Å². The summed E-state index contributed by atoms with van der Waals surface area (Å²) in [7, 11) is 0. The zero-order valence-corrected chi connectivity index (χ0v) is 16.1. The molecule has 1 aromatic carbocycles. The Balaban J connectivity index is 1.31. The SMILES string of the molecule is Clc1cc2c(cc1CN1CC3CCC1CN(Cc1cccnc1)C3)OCO2. The van der Waals surface area contributed by atoms with Gasteiger partial charge in [0.2, 0.25) is 6.79 Å². The van der Waals surface area contributed by atoms with Crippen LogP contribution >= 0.6 is 11.6 Å². The Labute approximate surface area is 164 Å². The minimum Gasteiger partial charge on any atom is -0.454 e. The number of ether oxygens (including phenoxy) is 2. The molecule has 2 atom stereocenters. The van der Waals surface area contributed by atoms with E-state index in [9.17, 15) is 0 Å². The highest BCUT2D eigenvalue weighted by Crippen LogP contribution is 2.38. The van der Waals surface area contributed by atoms with Crippen molar-refractivity contribution >= 4 is 11.6 Å². The van der Waals surface area contributed by atoms with Gasteiger partial charge in [0.25, 0.3) is 0 Å². The number of pyridine rings is 1. The third kappa shape index (κ3) is 3.64. The van der Waals surface area contributed by atoms with Crippen molar-refractivity contribution in [2.24, 2.45) is 5.92 Å². The Morgan fingerprint density at radius 3 is 2.81 bits per heavy atom. The average Bonchev–Trinajstić information content (AvgIpc) is 2.94. The lowest BCUT2D eigenvalue weighted by molar-refractivity contribution is 0.123. The molecule has 6 heteroatoms. The second kappa shape index (κ2) is 7.30. The van der Waals surface area contributed by atoms with Crippen molar-refractivity contribution < 1.29 is 9.47 Å². The largest absolute Gasteiger partial charge is 0.454 e. The highest BCUT2D eigenvalue weighted by Gasteiger charge is 2.35. The first-order chi connectivity index (χ1) is 13.2. The molecule has 2 aromatic rings. The van der Waals surface area contributed by atoms with E-state index in [1.54, 1.807) is 0 Å². The maximum atomic E-state index is 6.53. The first-order valence-corrected chi connectivity index (χ1v) is 10.1. The van der Waals surface area contributed by atoms with E-state index in [4.69, 9.17) is 21.1 Å². The fourth-order valence-corrected chi connectivity index (χ4v) is 4.86. The van der Waals surface area contributed by atoms with Crippen LogP contribution in [0.5, 0.6) is 11.5 Å². The van der Waals surface area contributed by atoms with Crippen LogP contribution in [0.1, 0.15) is 24.0 Å². The third-order valence-corrected chi connectivity index (χ3v) is 6.30. The van der Waals surface area contributed by atoms with Crippen molar-refractivity contribution in [3.8, 4) is 11.5 Å². The molecule has 2 bridgehead atoms. The molecule has 0 saturated carbocycles. The van der Waals surface area contributed by atoms with Gasteiger partial charge in [0.15, 0.2) is 11.5 Å². The molecule has 5 heterocycles. The molecule has 6 rings (SSSR count). The van der Waals surface area contributed by atoms with Crippen LogP contribution in [0.2, 0.25) is 5.02 Å². The number of hydrogen-bond donors (Lipinski definition) is 0. The molecule has 142 valence electrons. The first-order valence-electron chi connectivity index (χ1n) is 9.68. The number of fused-ring (bicyclic) bond motifs is 5. The minimum absolute atomic E-state index is 0.285. The Morgan fingerprint density at radius 1 is 1.07 bits per heavy atom. The van der Waals surface area contributed by atoms with E-state index in [0.717, 1.165) is 54.8 Å². The van der Waals surface area contributed by atoms with Gasteiger partial charge in [-0.1, -0.05) is 17.7 Å². The molecular formula is C21H24ClN3O2. The van der Waals surface area contributed by atoms with Crippen molar-refractivity contribution in [2.45, 2.75) is 32.0 Å². The van der Waals surface area contributed by atoms with Gasteiger partial charge in [-0.15, -0.1) is 0 Å². The normalized spacial score (nSPS) is 24.9. The lowest BCUT2D eigenvalue weighted by Gasteiger charge is -2.36. The van der Waals surface area contributed by atoms with Crippen LogP contribution < -0.4 is 9.47 Å². The molecule has 5 nitrogen and oxygen atoms in total. The van der Waals surface area contributed by atoms with Gasteiger partial charge in [-0.25, -0.2) is 0 Å². The molecule has 0 radical (unpaired) electrons. The Kier molecular flexibility index (Phi) is 4.68. The summed E-state index contributed by atoms with van der Waals surface area (Å²) in [6.07, 6.45) is 6.40. The van der Waals surface area contributed by atoms with E-state index in [2.05, 4.69) is 26.9 Å². The van der Waals surface area contributed by atoms with Crippen LogP contribution in [0, 0.1) is 5.92 Å². The van der Waals surface area contributed by atoms with Gasteiger partial charge >= 0.3 is 0 Å². The molecule has 0 aliphatic carbocycles. The van der Waals surface area contributed by atoms with Crippen LogP contribution in [-0.4, -0.2) is 47.3 Å². The summed E-state index contributed by atoms with van der Waals surface area (Å²) < 4.78 is 11.0. The monoisotopic (exact) mass is 385 g/mol. The summed E-state index contributed by atoms with van der Waals surface area (Å²) in [6.45, 7) is 5.55. The highest BCUT2D eigenvalue weighted by atomic mass is 35.5. The molecule has 4 aliphatic rings. The second-order valence-electron chi connectivity index (χ2n) is 7.88. The van der Waals surface area contributed by atoms with Gasteiger partial charge < -0.3 is 9.47 Å². The number of hydrogen-bond acceptors (Lipinski definition) is 5. The lowest BCUT2D eigenvalue weighted by atomic mass is 9.94. The smallest absolute Gasteiger partial charge is 0.231 e. The van der Waals surface area contributed by atoms with Crippen LogP contribution in [0.3, 0.4) is 0 Å². The summed E-state index contributed by atoms with van der Waals surface area (Å²) in [5.74, 6) is 2.28. The fraction of sp³-hybridized carbons (Fsp3) is 0.476. The maximum absolute atomic E-state index is 6.53. The van der Waals surface area contributed by atoms with E-state index in [-0.39, 0.29) is 6.79 Å². The number of halogens is 1. The quantitative estimate of drug-likeness (QED) is 0.804. The van der Waals surface area contributed by atoms with Crippen LogP contribution in [0.15, 0.2) is 36.7 Å². The predicted octanol–water partition coefficient (Wildman–Crippen LogP) is 3.56. The van der Waals surface area contributed by atoms with Gasteiger partial charge in [-0.05, 0) is 42.0 Å². The van der Waals surface area contributed by atoms with Crippen molar-refractivity contribution in [1.82, 2.24) is 14.8 Å². The zero-order valence-electron chi connectivity index (χ0n) is 15.3. The Bertz CT molecular complexity index is 817. The first kappa shape index (κ1) is 17.3. The summed E-state index contributed by atoms with van der Waals surface area (Å²) >= 11 is 6.53. The van der Waals surface area contributed by atoms with Crippen molar-refractivity contribution in [3.63, 3.8) is 0 Å². The van der Waals surface area contributed by atoms with Gasteiger partial charge in [0.1, 0.15) is 0 Å². The average molecular weight is 386 g/mol. The Morgan fingerprint density at radius 2 is 1.96 bits per heavy atom. The van der Waals surface area contributed by atoms with Gasteiger partial charge in [-0.3, -0.25) is 14.8 Å². The van der Waals surface area contributed by atoms with E-state index < -0.39 is 0 Å². The van der Waals surface area contributed by atoms with E-state index in [1.807, 2.05) is 24.5 Å². The maximum Gasteiger partial charge on any atom is 0.231 e. The van der Waals surface area contributed by atoms with E-state index >= 15 is 0 Å². The molecule has 3 fully saturated rings. The summed E-state index contributed by atoms with van der Waals surface area (Å²) in [5, 5.41) is 0.770. The topological polar surface area (TPSA) is 37.8 Å². The number of aromatic nitrogens is 1. The molecule has 1 aromatic heterocycles. The standard InChI is InChI=1S/C21H24ClN3O2/c22-19-7-21-20(26-14-27-21)6-17(19)12-25-11-16-3-4-18(25)13-24(10-16)9-15-2-1-5-23-8-15/h1-2,5-8,16,18H,3-4,9-14H2. The summed E-state index contributed by atoms with van der Waals surface area (Å²) in [5.41, 5.74) is 2.43. The van der Waals surface area contributed by atoms with Crippen molar-refractivity contribution in [3.05, 3.63) is 52.8 Å². The second-order valence-corrected chi connectivity index (χ2v) is 8.29. The molecule has 3 saturated heterocycles. The van der Waals surface area contributed by atoms with Gasteiger partial charge in [-0.2, -0.15) is 0 Å². The number of nitrogens with zero attached hydrogens (tertiary/aromatic N) is 3. The minimum atomic E-state index is 0.285. The highest BCUT2D eigenvalue weighted by molar-refractivity contribution is 6.31. The van der Waals surface area contributed by atoms with Gasteiger partial charge in [0.05, 0.1) is 0 Å². The molecule has 0 amide bonds. The molecule has 2 unspecified atom stereocenters. The third-order valence-electron chi connectivity index (χ3n) is 5.95. The predicted molar refractivity (Wildman–Crippen MR) is 104 cm³/mol. The van der Waals surface area contributed by atoms with Crippen LogP contribution in [-0.2, 0) is 13.1 Å². The van der Waals surface area contributed by atoms with E-state index in [0.29, 0.717) is 12.0 Å².